The molecule has 1 radical (unpaired) electrons. The summed E-state index contributed by atoms with van der Waals surface area (Å²) in [4.78, 5) is 0. The Morgan fingerprint density at radius 2 is 1.50 bits per heavy atom. The monoisotopic (exact) mass is 199 g/mol. The molecule has 0 saturated heterocycles. The lowest BCUT2D eigenvalue weighted by molar-refractivity contribution is 0.0672. The van der Waals surface area contributed by atoms with Crippen molar-refractivity contribution in [2.24, 2.45) is 10.8 Å². The molecular formula is C13H27O. The highest BCUT2D eigenvalue weighted by molar-refractivity contribution is 5.01. The molecule has 14 heavy (non-hydrogen) atoms. The molecule has 0 aromatic heterocycles. The molecule has 85 valence electrons. The molecule has 0 fully saturated rings. The van der Waals surface area contributed by atoms with Gasteiger partial charge >= 0.3 is 0 Å². The lowest BCUT2D eigenvalue weighted by atomic mass is 9.70. The van der Waals surface area contributed by atoms with E-state index in [2.05, 4.69) is 41.5 Å². The third-order valence-electron chi connectivity index (χ3n) is 2.76. The zero-order chi connectivity index (χ0) is 11.4. The summed E-state index contributed by atoms with van der Waals surface area (Å²) < 4.78 is 0. The average Bonchev–Trinajstić information content (AvgIpc) is 2.01. The molecule has 0 aromatic carbocycles. The second-order valence-corrected chi connectivity index (χ2v) is 5.94. The normalized spacial score (nSPS) is 13.7. The summed E-state index contributed by atoms with van der Waals surface area (Å²) >= 11 is 0. The Kier molecular flexibility index (Phi) is 5.14. The summed E-state index contributed by atoms with van der Waals surface area (Å²) in [5.41, 5.74) is -0.122. The van der Waals surface area contributed by atoms with Crippen LogP contribution in [0.2, 0.25) is 0 Å². The van der Waals surface area contributed by atoms with Gasteiger partial charge in [0.1, 0.15) is 6.10 Å². The molecule has 0 aromatic rings. The Hall–Kier alpha value is -0.0400. The van der Waals surface area contributed by atoms with E-state index in [1.54, 1.807) is 0 Å². The van der Waals surface area contributed by atoms with Crippen LogP contribution in [0.5, 0.6) is 0 Å². The maximum Gasteiger partial charge on any atom is 0.104 e. The highest BCUT2D eigenvalue weighted by Gasteiger charge is 2.36. The van der Waals surface area contributed by atoms with E-state index < -0.39 is 0 Å². The number of unbranched alkanes of at least 4 members (excludes halogenated alkanes) is 2. The van der Waals surface area contributed by atoms with Crippen molar-refractivity contribution in [3.63, 3.8) is 0 Å². The van der Waals surface area contributed by atoms with Crippen molar-refractivity contribution in [2.75, 3.05) is 0 Å². The van der Waals surface area contributed by atoms with Gasteiger partial charge in [-0.05, 0) is 17.3 Å². The van der Waals surface area contributed by atoms with E-state index in [4.69, 9.17) is 0 Å². The Bertz CT molecular complexity index is 153. The summed E-state index contributed by atoms with van der Waals surface area (Å²) in [6, 6.07) is 0. The van der Waals surface area contributed by atoms with Crippen LogP contribution in [0.3, 0.4) is 0 Å². The van der Waals surface area contributed by atoms with Crippen LogP contribution in [-0.4, -0.2) is 5.11 Å². The highest BCUT2D eigenvalue weighted by atomic mass is 16.3. The van der Waals surface area contributed by atoms with Gasteiger partial charge < -0.3 is 5.11 Å². The zero-order valence-corrected chi connectivity index (χ0v) is 10.8. The van der Waals surface area contributed by atoms with Crippen molar-refractivity contribution in [3.05, 3.63) is 6.10 Å². The lowest BCUT2D eigenvalue weighted by Crippen LogP contribution is -2.32. The van der Waals surface area contributed by atoms with Crippen molar-refractivity contribution in [1.82, 2.24) is 0 Å². The molecule has 0 aliphatic carbocycles. The zero-order valence-electron chi connectivity index (χ0n) is 10.8. The molecule has 0 atom stereocenters. The molecule has 1 heteroatoms. The van der Waals surface area contributed by atoms with Gasteiger partial charge in [0.15, 0.2) is 0 Å². The van der Waals surface area contributed by atoms with Gasteiger partial charge in [-0.15, -0.1) is 0 Å². The Balaban J connectivity index is 4.16. The van der Waals surface area contributed by atoms with E-state index >= 15 is 0 Å². The van der Waals surface area contributed by atoms with Crippen LogP contribution in [0.15, 0.2) is 0 Å². The summed E-state index contributed by atoms with van der Waals surface area (Å²) in [5, 5.41) is 10.1. The third kappa shape index (κ3) is 4.45. The molecular weight excluding hydrogens is 172 g/mol. The van der Waals surface area contributed by atoms with Gasteiger partial charge in [0.25, 0.3) is 0 Å². The first kappa shape index (κ1) is 14.0. The van der Waals surface area contributed by atoms with E-state index in [1.807, 2.05) is 0 Å². The molecule has 0 aliphatic rings. The first-order valence-corrected chi connectivity index (χ1v) is 5.78. The minimum atomic E-state index is -0.0876. The molecule has 0 unspecified atom stereocenters. The first-order chi connectivity index (χ1) is 6.22. The number of aliphatic hydroxyl groups excluding tert-OH is 1. The minimum absolute atomic E-state index is 0.0343. The van der Waals surface area contributed by atoms with Crippen LogP contribution in [-0.2, 0) is 0 Å². The van der Waals surface area contributed by atoms with E-state index in [1.165, 1.54) is 19.3 Å². The fourth-order valence-corrected chi connectivity index (χ4v) is 1.95. The fourth-order valence-electron chi connectivity index (χ4n) is 1.95. The molecule has 0 saturated carbocycles. The van der Waals surface area contributed by atoms with Gasteiger partial charge in [-0.1, -0.05) is 60.8 Å². The molecule has 0 heterocycles. The molecule has 0 bridgehead atoms. The summed E-state index contributed by atoms with van der Waals surface area (Å²) in [5.74, 6) is 0. The molecule has 1 N–H and O–H groups in total. The van der Waals surface area contributed by atoms with Crippen LogP contribution in [0.1, 0.15) is 67.2 Å². The summed E-state index contributed by atoms with van der Waals surface area (Å²) in [6.45, 7) is 12.7. The number of aliphatic hydroxyl groups is 1. The SMILES string of the molecule is CCCCCC(C)(C)[C](O)C(C)(C)C. The lowest BCUT2D eigenvalue weighted by Gasteiger charge is -2.38. The largest absolute Gasteiger partial charge is 0.386 e. The van der Waals surface area contributed by atoms with Crippen LogP contribution in [0, 0.1) is 16.9 Å². The van der Waals surface area contributed by atoms with Crippen molar-refractivity contribution < 1.29 is 5.11 Å². The van der Waals surface area contributed by atoms with Gasteiger partial charge in [-0.25, -0.2) is 0 Å². The van der Waals surface area contributed by atoms with Crippen LogP contribution >= 0.6 is 0 Å². The summed E-state index contributed by atoms with van der Waals surface area (Å²) in [6.07, 6.45) is 5.45. The average molecular weight is 199 g/mol. The second-order valence-electron chi connectivity index (χ2n) is 5.94. The van der Waals surface area contributed by atoms with Gasteiger partial charge in [0.2, 0.25) is 0 Å². The predicted molar refractivity (Wildman–Crippen MR) is 62.6 cm³/mol. The van der Waals surface area contributed by atoms with Crippen molar-refractivity contribution in [3.8, 4) is 0 Å². The summed E-state index contributed by atoms with van der Waals surface area (Å²) in [7, 11) is 0. The number of hydrogen-bond acceptors (Lipinski definition) is 1. The van der Waals surface area contributed by atoms with Gasteiger partial charge in [0, 0.05) is 0 Å². The predicted octanol–water partition coefficient (Wildman–Crippen LogP) is 4.54. The number of rotatable bonds is 5. The molecule has 0 aliphatic heterocycles. The maximum absolute atomic E-state index is 10.1. The van der Waals surface area contributed by atoms with Crippen molar-refractivity contribution >= 4 is 0 Å². The van der Waals surface area contributed by atoms with E-state index in [-0.39, 0.29) is 10.8 Å². The Labute approximate surface area is 89.9 Å². The highest BCUT2D eigenvalue weighted by Crippen LogP contribution is 2.43. The minimum Gasteiger partial charge on any atom is -0.386 e. The van der Waals surface area contributed by atoms with Crippen LogP contribution < -0.4 is 0 Å². The Morgan fingerprint density at radius 1 is 1.00 bits per heavy atom. The quantitative estimate of drug-likeness (QED) is 0.644. The second kappa shape index (κ2) is 5.16. The maximum atomic E-state index is 10.1. The van der Waals surface area contributed by atoms with Crippen LogP contribution in [0.4, 0.5) is 0 Å². The van der Waals surface area contributed by atoms with Crippen LogP contribution in [0.25, 0.3) is 0 Å². The first-order valence-electron chi connectivity index (χ1n) is 5.78. The van der Waals surface area contributed by atoms with Crippen molar-refractivity contribution in [2.45, 2.75) is 67.2 Å². The smallest absolute Gasteiger partial charge is 0.104 e. The van der Waals surface area contributed by atoms with Gasteiger partial charge in [-0.2, -0.15) is 0 Å². The topological polar surface area (TPSA) is 20.2 Å². The van der Waals surface area contributed by atoms with E-state index in [0.29, 0.717) is 6.10 Å². The number of hydrogen-bond donors (Lipinski definition) is 1. The van der Waals surface area contributed by atoms with Gasteiger partial charge in [-0.3, -0.25) is 0 Å². The Morgan fingerprint density at radius 3 is 1.86 bits per heavy atom. The van der Waals surface area contributed by atoms with E-state index in [0.717, 1.165) is 6.42 Å². The molecule has 0 rings (SSSR count). The third-order valence-corrected chi connectivity index (χ3v) is 2.76. The fraction of sp³-hybridized carbons (Fsp3) is 0.923. The van der Waals surface area contributed by atoms with E-state index in [9.17, 15) is 5.11 Å². The standard InChI is InChI=1S/C13H27O/c1-7-8-9-10-13(5,6)11(14)12(2,3)4/h14H,7-10H2,1-6H3. The van der Waals surface area contributed by atoms with Gasteiger partial charge in [0.05, 0.1) is 0 Å². The molecule has 0 amide bonds. The molecule has 1 nitrogen and oxygen atoms in total. The van der Waals surface area contributed by atoms with Crippen molar-refractivity contribution in [1.29, 1.82) is 0 Å². The molecule has 0 spiro atoms.